The number of amides is 1. The molecule has 1 atom stereocenters. The summed E-state index contributed by atoms with van der Waals surface area (Å²) in [5.74, 6) is -0.561. The van der Waals surface area contributed by atoms with E-state index in [1.807, 2.05) is 13.8 Å². The normalized spacial score (nSPS) is 12.3. The lowest BCUT2D eigenvalue weighted by Gasteiger charge is -2.21. The molecule has 2 N–H and O–H groups in total. The molecular formula is C14H20FNO3. The second kappa shape index (κ2) is 7.09. The molecule has 19 heavy (non-hydrogen) atoms. The Hall–Kier alpha value is -1.62. The largest absolute Gasteiger partial charge is 0.494 e. The van der Waals surface area contributed by atoms with Crippen LogP contribution in [-0.2, 0) is 0 Å². The molecule has 0 radical (unpaired) electrons. The van der Waals surface area contributed by atoms with Gasteiger partial charge in [0.05, 0.1) is 7.11 Å². The first kappa shape index (κ1) is 15.4. The number of methoxy groups -OCH3 is 1. The van der Waals surface area contributed by atoms with Crippen molar-refractivity contribution in [1.29, 1.82) is 0 Å². The van der Waals surface area contributed by atoms with Crippen LogP contribution in [0.3, 0.4) is 0 Å². The molecule has 0 saturated carbocycles. The number of halogens is 1. The van der Waals surface area contributed by atoms with Crippen LogP contribution in [0.5, 0.6) is 5.75 Å². The van der Waals surface area contributed by atoms with Crippen molar-refractivity contribution < 1.29 is 19.0 Å². The summed E-state index contributed by atoms with van der Waals surface area (Å²) < 4.78 is 18.1. The number of carbonyl (C=O) groups is 1. The molecule has 0 spiro atoms. The van der Waals surface area contributed by atoms with Gasteiger partial charge in [-0.2, -0.15) is 0 Å². The maximum atomic E-state index is 13.3. The van der Waals surface area contributed by atoms with Crippen molar-refractivity contribution in [3.63, 3.8) is 0 Å². The fourth-order valence-electron chi connectivity index (χ4n) is 1.76. The predicted octanol–water partition coefficient (Wildman–Crippen LogP) is 1.97. The smallest absolute Gasteiger partial charge is 0.251 e. The van der Waals surface area contributed by atoms with E-state index in [2.05, 4.69) is 5.32 Å². The van der Waals surface area contributed by atoms with Gasteiger partial charge in [-0.3, -0.25) is 4.79 Å². The maximum absolute atomic E-state index is 13.3. The van der Waals surface area contributed by atoms with E-state index in [0.717, 1.165) is 0 Å². The minimum absolute atomic E-state index is 0.00979. The summed E-state index contributed by atoms with van der Waals surface area (Å²) in [7, 11) is 1.35. The first-order chi connectivity index (χ1) is 8.99. The number of carbonyl (C=O) groups excluding carboxylic acids is 1. The number of hydrogen-bond acceptors (Lipinski definition) is 3. The molecule has 5 heteroatoms. The topological polar surface area (TPSA) is 58.6 Å². The van der Waals surface area contributed by atoms with Crippen LogP contribution in [-0.4, -0.2) is 30.8 Å². The van der Waals surface area contributed by atoms with Crippen molar-refractivity contribution in [1.82, 2.24) is 5.32 Å². The lowest BCUT2D eigenvalue weighted by molar-refractivity contribution is 0.0916. The van der Waals surface area contributed by atoms with Crippen molar-refractivity contribution in [2.24, 2.45) is 5.92 Å². The average Bonchev–Trinajstić information content (AvgIpc) is 2.38. The van der Waals surface area contributed by atoms with Crippen molar-refractivity contribution in [2.45, 2.75) is 26.3 Å². The Labute approximate surface area is 112 Å². The van der Waals surface area contributed by atoms with Crippen LogP contribution in [0.4, 0.5) is 4.39 Å². The number of aliphatic hydroxyl groups is 1. The molecule has 106 valence electrons. The lowest BCUT2D eigenvalue weighted by atomic mass is 10.0. The summed E-state index contributed by atoms with van der Waals surface area (Å²) in [6, 6.07) is 3.85. The molecule has 0 heterocycles. The third-order valence-electron chi connectivity index (χ3n) is 2.97. The summed E-state index contributed by atoms with van der Waals surface area (Å²) in [6.07, 6.45) is 0.488. The molecule has 0 aliphatic heterocycles. The zero-order valence-electron chi connectivity index (χ0n) is 11.4. The zero-order valence-corrected chi connectivity index (χ0v) is 11.4. The molecule has 1 amide bonds. The SMILES string of the molecule is COc1cc(C(=O)NC(CCO)C(C)C)ccc1F. The van der Waals surface area contributed by atoms with Crippen molar-refractivity contribution in [3.05, 3.63) is 29.6 Å². The number of hydrogen-bond donors (Lipinski definition) is 2. The van der Waals surface area contributed by atoms with Gasteiger partial charge in [0.2, 0.25) is 0 Å². The third-order valence-corrected chi connectivity index (χ3v) is 2.97. The van der Waals surface area contributed by atoms with Gasteiger partial charge in [-0.25, -0.2) is 4.39 Å². The summed E-state index contributed by atoms with van der Waals surface area (Å²) in [6.45, 7) is 3.94. The quantitative estimate of drug-likeness (QED) is 0.830. The van der Waals surface area contributed by atoms with Crippen LogP contribution in [0.1, 0.15) is 30.6 Å². The fourth-order valence-corrected chi connectivity index (χ4v) is 1.76. The van der Waals surface area contributed by atoms with E-state index in [4.69, 9.17) is 9.84 Å². The summed E-state index contributed by atoms with van der Waals surface area (Å²) in [5, 5.41) is 11.8. The van der Waals surface area contributed by atoms with Gasteiger partial charge < -0.3 is 15.2 Å². The third kappa shape index (κ3) is 4.21. The second-order valence-corrected chi connectivity index (χ2v) is 4.69. The summed E-state index contributed by atoms with van der Waals surface area (Å²) >= 11 is 0. The van der Waals surface area contributed by atoms with Gasteiger partial charge in [0.1, 0.15) is 0 Å². The highest BCUT2D eigenvalue weighted by molar-refractivity contribution is 5.94. The zero-order chi connectivity index (χ0) is 14.4. The Morgan fingerprint density at radius 1 is 1.47 bits per heavy atom. The van der Waals surface area contributed by atoms with Gasteiger partial charge in [-0.05, 0) is 30.5 Å². The predicted molar refractivity (Wildman–Crippen MR) is 70.7 cm³/mol. The van der Waals surface area contributed by atoms with Gasteiger partial charge in [-0.1, -0.05) is 13.8 Å². The highest BCUT2D eigenvalue weighted by Gasteiger charge is 2.17. The summed E-state index contributed by atoms with van der Waals surface area (Å²) in [4.78, 5) is 12.0. The molecule has 1 unspecified atom stereocenters. The maximum Gasteiger partial charge on any atom is 0.251 e. The fraction of sp³-hybridized carbons (Fsp3) is 0.500. The molecule has 0 fully saturated rings. The molecule has 1 aromatic rings. The van der Waals surface area contributed by atoms with Crippen LogP contribution < -0.4 is 10.1 Å². The number of ether oxygens (including phenoxy) is 1. The van der Waals surface area contributed by atoms with Crippen LogP contribution in [0.2, 0.25) is 0 Å². The molecule has 0 saturated heterocycles. The highest BCUT2D eigenvalue weighted by atomic mass is 19.1. The summed E-state index contributed by atoms with van der Waals surface area (Å²) in [5.41, 5.74) is 0.335. The second-order valence-electron chi connectivity index (χ2n) is 4.69. The van der Waals surface area contributed by atoms with E-state index in [1.54, 1.807) is 0 Å². The van der Waals surface area contributed by atoms with Crippen LogP contribution in [0.15, 0.2) is 18.2 Å². The lowest BCUT2D eigenvalue weighted by Crippen LogP contribution is -2.39. The van der Waals surface area contributed by atoms with Crippen molar-refractivity contribution >= 4 is 5.91 Å². The number of nitrogens with one attached hydrogen (secondary N) is 1. The monoisotopic (exact) mass is 269 g/mol. The number of rotatable bonds is 6. The Kier molecular flexibility index (Phi) is 5.76. The van der Waals surface area contributed by atoms with Gasteiger partial charge in [0, 0.05) is 18.2 Å². The highest BCUT2D eigenvalue weighted by Crippen LogP contribution is 2.18. The number of benzene rings is 1. The Morgan fingerprint density at radius 2 is 2.16 bits per heavy atom. The van der Waals surface area contributed by atoms with Crippen LogP contribution in [0, 0.1) is 11.7 Å². The molecule has 0 aromatic heterocycles. The van der Waals surface area contributed by atoms with Gasteiger partial charge >= 0.3 is 0 Å². The van der Waals surface area contributed by atoms with Crippen molar-refractivity contribution in [3.8, 4) is 5.75 Å². The van der Waals surface area contributed by atoms with E-state index in [0.29, 0.717) is 12.0 Å². The first-order valence-corrected chi connectivity index (χ1v) is 6.24. The van der Waals surface area contributed by atoms with E-state index in [-0.39, 0.29) is 30.2 Å². The molecule has 4 nitrogen and oxygen atoms in total. The standard InChI is InChI=1S/C14H20FNO3/c1-9(2)12(6-7-17)16-14(18)10-4-5-11(15)13(8-10)19-3/h4-5,8-9,12,17H,6-7H2,1-3H3,(H,16,18). The Balaban J connectivity index is 2.82. The molecule has 0 aliphatic rings. The van der Waals surface area contributed by atoms with Gasteiger partial charge in [-0.15, -0.1) is 0 Å². The van der Waals surface area contributed by atoms with Crippen LogP contribution in [0.25, 0.3) is 0 Å². The molecule has 1 aromatic carbocycles. The minimum Gasteiger partial charge on any atom is -0.494 e. The van der Waals surface area contributed by atoms with Gasteiger partial charge in [0.25, 0.3) is 5.91 Å². The molecule has 0 aliphatic carbocycles. The Morgan fingerprint density at radius 3 is 2.68 bits per heavy atom. The average molecular weight is 269 g/mol. The first-order valence-electron chi connectivity index (χ1n) is 6.24. The molecule has 1 rings (SSSR count). The van der Waals surface area contributed by atoms with E-state index >= 15 is 0 Å². The van der Waals surface area contributed by atoms with Crippen LogP contribution >= 0.6 is 0 Å². The Bertz CT molecular complexity index is 435. The minimum atomic E-state index is -0.505. The van der Waals surface area contributed by atoms with E-state index in [9.17, 15) is 9.18 Å². The molecular weight excluding hydrogens is 249 g/mol. The van der Waals surface area contributed by atoms with Gasteiger partial charge in [0.15, 0.2) is 11.6 Å². The molecule has 0 bridgehead atoms. The van der Waals surface area contributed by atoms with E-state index < -0.39 is 5.82 Å². The van der Waals surface area contributed by atoms with Crippen molar-refractivity contribution in [2.75, 3.05) is 13.7 Å². The van der Waals surface area contributed by atoms with E-state index in [1.165, 1.54) is 25.3 Å². The number of aliphatic hydroxyl groups excluding tert-OH is 1.